The van der Waals surface area contributed by atoms with Crippen LogP contribution in [0.15, 0.2) is 30.5 Å². The Morgan fingerprint density at radius 2 is 2.26 bits per heavy atom. The summed E-state index contributed by atoms with van der Waals surface area (Å²) in [5.74, 6) is 6.44. The molecule has 1 unspecified atom stereocenters. The highest BCUT2D eigenvalue weighted by molar-refractivity contribution is 5.31. The molecule has 1 aromatic carbocycles. The first kappa shape index (κ1) is 13.6. The van der Waals surface area contributed by atoms with E-state index in [2.05, 4.69) is 41.7 Å². The van der Waals surface area contributed by atoms with E-state index < -0.39 is 0 Å². The molecule has 0 aliphatic rings. The van der Waals surface area contributed by atoms with Crippen molar-refractivity contribution in [3.8, 4) is 5.75 Å². The van der Waals surface area contributed by atoms with E-state index in [9.17, 15) is 0 Å². The maximum Gasteiger partial charge on any atom is 0.161 e. The van der Waals surface area contributed by atoms with Crippen LogP contribution in [0.5, 0.6) is 5.75 Å². The Morgan fingerprint density at radius 3 is 2.89 bits per heavy atom. The minimum atomic E-state index is -0.0377. The fraction of sp³-hybridized carbons (Fsp3) is 0.357. The summed E-state index contributed by atoms with van der Waals surface area (Å²) < 4.78 is 7.12. The van der Waals surface area contributed by atoms with Crippen LogP contribution in [0, 0.1) is 6.92 Å². The zero-order valence-corrected chi connectivity index (χ0v) is 11.6. The Kier molecular flexibility index (Phi) is 4.19. The van der Waals surface area contributed by atoms with Crippen molar-refractivity contribution in [2.24, 2.45) is 12.9 Å². The van der Waals surface area contributed by atoms with Crippen molar-refractivity contribution >= 4 is 0 Å². The molecule has 102 valence electrons. The first-order chi connectivity index (χ1) is 9.15. The van der Waals surface area contributed by atoms with Crippen molar-refractivity contribution in [3.05, 3.63) is 47.3 Å². The molecule has 2 aromatic rings. The number of benzene rings is 1. The highest BCUT2D eigenvalue weighted by Gasteiger charge is 2.20. The van der Waals surface area contributed by atoms with Crippen LogP contribution in [0.3, 0.4) is 0 Å². The molecule has 1 aromatic heterocycles. The third kappa shape index (κ3) is 2.94. The lowest BCUT2D eigenvalue weighted by atomic mass is 10.0. The number of ether oxygens (including phenoxy) is 1. The monoisotopic (exact) mass is 260 g/mol. The van der Waals surface area contributed by atoms with Crippen molar-refractivity contribution in [1.29, 1.82) is 0 Å². The Bertz CT molecular complexity index is 550. The normalized spacial score (nSPS) is 12.4. The summed E-state index contributed by atoms with van der Waals surface area (Å²) in [5.41, 5.74) is 6.27. The van der Waals surface area contributed by atoms with Gasteiger partial charge in [0.2, 0.25) is 0 Å². The third-order valence-electron chi connectivity index (χ3n) is 3.22. The number of aryl methyl sites for hydroxylation is 2. The zero-order valence-electron chi connectivity index (χ0n) is 11.6. The van der Waals surface area contributed by atoms with Crippen molar-refractivity contribution in [3.63, 3.8) is 0 Å². The number of rotatable bonds is 5. The van der Waals surface area contributed by atoms with E-state index in [0.717, 1.165) is 17.9 Å². The maximum atomic E-state index is 5.70. The summed E-state index contributed by atoms with van der Waals surface area (Å²) in [7, 11) is 3.53. The maximum absolute atomic E-state index is 5.70. The van der Waals surface area contributed by atoms with Gasteiger partial charge >= 0.3 is 0 Å². The van der Waals surface area contributed by atoms with Crippen molar-refractivity contribution in [2.45, 2.75) is 19.4 Å². The van der Waals surface area contributed by atoms with Gasteiger partial charge in [-0.3, -0.25) is 16.0 Å². The van der Waals surface area contributed by atoms with Gasteiger partial charge in [-0.15, -0.1) is 0 Å². The van der Waals surface area contributed by atoms with Crippen LogP contribution in [0.2, 0.25) is 0 Å². The van der Waals surface area contributed by atoms with Crippen molar-refractivity contribution in [1.82, 2.24) is 15.2 Å². The van der Waals surface area contributed by atoms with Crippen LogP contribution >= 0.6 is 0 Å². The molecule has 0 amide bonds. The lowest BCUT2D eigenvalue weighted by molar-refractivity contribution is 0.394. The average Bonchev–Trinajstić information content (AvgIpc) is 2.77. The second-order valence-corrected chi connectivity index (χ2v) is 4.63. The molecule has 5 heteroatoms. The van der Waals surface area contributed by atoms with Gasteiger partial charge in [-0.2, -0.15) is 5.10 Å². The molecule has 0 radical (unpaired) electrons. The molecular weight excluding hydrogens is 240 g/mol. The summed E-state index contributed by atoms with van der Waals surface area (Å²) in [6.45, 7) is 2.08. The summed E-state index contributed by atoms with van der Waals surface area (Å²) in [6, 6.07) is 8.36. The van der Waals surface area contributed by atoms with E-state index in [1.807, 2.05) is 7.05 Å². The fourth-order valence-electron chi connectivity index (χ4n) is 2.29. The van der Waals surface area contributed by atoms with Crippen molar-refractivity contribution in [2.75, 3.05) is 7.11 Å². The van der Waals surface area contributed by atoms with Crippen LogP contribution in [-0.4, -0.2) is 16.9 Å². The van der Waals surface area contributed by atoms with Crippen molar-refractivity contribution < 1.29 is 4.74 Å². The number of nitrogens with two attached hydrogens (primary N) is 1. The van der Waals surface area contributed by atoms with Gasteiger partial charge in [-0.25, -0.2) is 0 Å². The third-order valence-corrected chi connectivity index (χ3v) is 3.22. The van der Waals surface area contributed by atoms with E-state index >= 15 is 0 Å². The highest BCUT2D eigenvalue weighted by Crippen LogP contribution is 2.26. The second kappa shape index (κ2) is 5.86. The average molecular weight is 260 g/mol. The number of nitrogens with zero attached hydrogens (tertiary/aromatic N) is 2. The first-order valence-corrected chi connectivity index (χ1v) is 6.23. The van der Waals surface area contributed by atoms with E-state index in [4.69, 9.17) is 10.6 Å². The number of methoxy groups -OCH3 is 1. The lowest BCUT2D eigenvalue weighted by Crippen LogP contribution is -2.31. The molecular formula is C14H20N4O. The van der Waals surface area contributed by atoms with Gasteiger partial charge in [0.05, 0.1) is 25.0 Å². The Morgan fingerprint density at radius 1 is 1.47 bits per heavy atom. The van der Waals surface area contributed by atoms with E-state index in [0.29, 0.717) is 0 Å². The van der Waals surface area contributed by atoms with Gasteiger partial charge in [0.15, 0.2) is 5.75 Å². The molecule has 0 aliphatic heterocycles. The minimum Gasteiger partial charge on any atom is -0.493 e. The molecule has 19 heavy (non-hydrogen) atoms. The quantitative estimate of drug-likeness (QED) is 0.631. The topological polar surface area (TPSA) is 65.1 Å². The molecule has 0 aliphatic carbocycles. The smallest absolute Gasteiger partial charge is 0.161 e. The molecule has 0 saturated heterocycles. The molecule has 2 rings (SSSR count). The first-order valence-electron chi connectivity index (χ1n) is 6.23. The van der Waals surface area contributed by atoms with E-state index in [1.54, 1.807) is 18.0 Å². The molecule has 0 bridgehead atoms. The zero-order chi connectivity index (χ0) is 13.8. The number of hydrazine groups is 1. The van der Waals surface area contributed by atoms with Crippen LogP contribution in [-0.2, 0) is 13.5 Å². The Balaban J connectivity index is 2.27. The predicted octanol–water partition coefficient (Wildman–Crippen LogP) is 1.48. The molecule has 3 N–H and O–H groups in total. The van der Waals surface area contributed by atoms with Crippen LogP contribution in [0.4, 0.5) is 0 Å². The fourth-order valence-corrected chi connectivity index (χ4v) is 2.29. The minimum absolute atomic E-state index is 0.0377. The largest absolute Gasteiger partial charge is 0.493 e. The van der Waals surface area contributed by atoms with Gasteiger partial charge in [-0.05, 0) is 18.9 Å². The molecule has 1 heterocycles. The summed E-state index contributed by atoms with van der Waals surface area (Å²) in [5, 5.41) is 4.21. The summed E-state index contributed by atoms with van der Waals surface area (Å²) in [6.07, 6.45) is 2.49. The Hall–Kier alpha value is -1.85. The summed E-state index contributed by atoms with van der Waals surface area (Å²) in [4.78, 5) is 0. The van der Waals surface area contributed by atoms with Gasteiger partial charge in [0, 0.05) is 7.05 Å². The van der Waals surface area contributed by atoms with Crippen LogP contribution in [0.1, 0.15) is 22.9 Å². The van der Waals surface area contributed by atoms with E-state index in [1.165, 1.54) is 11.1 Å². The molecule has 5 nitrogen and oxygen atoms in total. The Labute approximate surface area is 113 Å². The summed E-state index contributed by atoms with van der Waals surface area (Å²) >= 11 is 0. The lowest BCUT2D eigenvalue weighted by Gasteiger charge is -2.18. The van der Waals surface area contributed by atoms with Crippen LogP contribution in [0.25, 0.3) is 0 Å². The van der Waals surface area contributed by atoms with Crippen LogP contribution < -0.4 is 16.0 Å². The van der Waals surface area contributed by atoms with Gasteiger partial charge in [0.1, 0.15) is 0 Å². The number of nitrogens with one attached hydrogen (secondary N) is 1. The number of aromatic nitrogens is 2. The second-order valence-electron chi connectivity index (χ2n) is 4.63. The molecule has 0 spiro atoms. The van der Waals surface area contributed by atoms with E-state index in [-0.39, 0.29) is 6.04 Å². The van der Waals surface area contributed by atoms with Gasteiger partial charge < -0.3 is 4.74 Å². The molecule has 1 atom stereocenters. The van der Waals surface area contributed by atoms with Gasteiger partial charge in [0.25, 0.3) is 0 Å². The standard InChI is InChI=1S/C14H20N4O/c1-10-5-4-6-11(7-10)8-12(17-15)14-13(19-3)9-16-18(14)2/h4-7,9,12,17H,8,15H2,1-3H3. The number of hydrogen-bond acceptors (Lipinski definition) is 4. The SMILES string of the molecule is COc1cnn(C)c1C(Cc1cccc(C)c1)NN. The predicted molar refractivity (Wildman–Crippen MR) is 74.7 cm³/mol. The molecule has 0 saturated carbocycles. The number of hydrogen-bond donors (Lipinski definition) is 2. The highest BCUT2D eigenvalue weighted by atomic mass is 16.5. The molecule has 0 fully saturated rings. The van der Waals surface area contributed by atoms with Gasteiger partial charge in [-0.1, -0.05) is 29.8 Å².